The first-order valence-corrected chi connectivity index (χ1v) is 7.48. The average Bonchev–Trinajstić information content (AvgIpc) is 2.30. The molecule has 0 fully saturated rings. The molecule has 0 aliphatic rings. The van der Waals surface area contributed by atoms with Gasteiger partial charge < -0.3 is 5.11 Å². The fourth-order valence-electron chi connectivity index (χ4n) is 1.44. The zero-order valence-corrected chi connectivity index (χ0v) is 14.1. The third-order valence-electron chi connectivity index (χ3n) is 2.26. The predicted octanol–water partition coefficient (Wildman–Crippen LogP) is 5.97. The molecule has 0 atom stereocenters. The number of aliphatic imine (C=N–C) groups is 1. The third-order valence-corrected chi connectivity index (χ3v) is 3.76. The van der Waals surface area contributed by atoms with Crippen LogP contribution in [0.1, 0.15) is 5.56 Å². The number of rotatable bonds is 2. The van der Waals surface area contributed by atoms with E-state index in [1.54, 1.807) is 36.5 Å². The highest BCUT2D eigenvalue weighted by Crippen LogP contribution is 2.31. The quantitative estimate of drug-likeness (QED) is 0.592. The van der Waals surface area contributed by atoms with Gasteiger partial charge in [0.05, 0.1) is 10.2 Å². The molecule has 2 nitrogen and oxygen atoms in total. The van der Waals surface area contributed by atoms with E-state index < -0.39 is 0 Å². The van der Waals surface area contributed by atoms with Crippen LogP contribution in [0.3, 0.4) is 0 Å². The van der Waals surface area contributed by atoms with Crippen molar-refractivity contribution in [2.45, 2.75) is 0 Å². The van der Waals surface area contributed by atoms with Crippen molar-refractivity contribution in [2.24, 2.45) is 4.99 Å². The summed E-state index contributed by atoms with van der Waals surface area (Å²) < 4.78 is 1.43. The number of halogens is 4. The van der Waals surface area contributed by atoms with E-state index in [0.29, 0.717) is 25.8 Å². The van der Waals surface area contributed by atoms with E-state index in [-0.39, 0.29) is 5.75 Å². The molecule has 2 rings (SSSR count). The van der Waals surface area contributed by atoms with Crippen molar-refractivity contribution in [3.63, 3.8) is 0 Å². The lowest BCUT2D eigenvalue weighted by Gasteiger charge is -2.03. The normalized spacial score (nSPS) is 11.2. The molecule has 0 amide bonds. The molecule has 0 aliphatic carbocycles. The van der Waals surface area contributed by atoms with Crippen LogP contribution in [0.2, 0.25) is 10.0 Å². The van der Waals surface area contributed by atoms with Gasteiger partial charge in [-0.25, -0.2) is 0 Å². The fraction of sp³-hybridized carbons (Fsp3) is 0. The highest BCUT2D eigenvalue weighted by Gasteiger charge is 2.05. The molecule has 19 heavy (non-hydrogen) atoms. The Hall–Kier alpha value is -0.550. The van der Waals surface area contributed by atoms with Gasteiger partial charge in [-0.3, -0.25) is 4.99 Å². The predicted molar refractivity (Wildman–Crippen MR) is 87.2 cm³/mol. The molecule has 1 N–H and O–H groups in total. The van der Waals surface area contributed by atoms with Crippen molar-refractivity contribution in [3.8, 4) is 5.75 Å². The molecule has 0 unspecified atom stereocenters. The number of aromatic hydroxyl groups is 1. The van der Waals surface area contributed by atoms with Crippen LogP contribution in [0.15, 0.2) is 44.3 Å². The van der Waals surface area contributed by atoms with Crippen LogP contribution < -0.4 is 0 Å². The molecule has 0 heterocycles. The first-order valence-electron chi connectivity index (χ1n) is 5.14. The highest BCUT2D eigenvalue weighted by molar-refractivity contribution is 9.11. The van der Waals surface area contributed by atoms with Crippen molar-refractivity contribution >= 4 is 67.0 Å². The minimum Gasteiger partial charge on any atom is -0.506 e. The Morgan fingerprint density at radius 3 is 2.26 bits per heavy atom. The van der Waals surface area contributed by atoms with Gasteiger partial charge in [0, 0.05) is 26.3 Å². The highest BCUT2D eigenvalue weighted by atomic mass is 79.9. The Labute approximate surface area is 137 Å². The summed E-state index contributed by atoms with van der Waals surface area (Å²) in [4.78, 5) is 4.25. The second-order valence-electron chi connectivity index (χ2n) is 3.71. The lowest BCUT2D eigenvalue weighted by Crippen LogP contribution is -1.84. The SMILES string of the molecule is Oc1c(Br)cc(Br)cc1C=Nc1cc(Cl)cc(Cl)c1. The van der Waals surface area contributed by atoms with Gasteiger partial charge in [-0.15, -0.1) is 0 Å². The van der Waals surface area contributed by atoms with Crippen molar-refractivity contribution in [1.29, 1.82) is 0 Å². The number of hydrogen-bond donors (Lipinski definition) is 1. The average molecular weight is 424 g/mol. The van der Waals surface area contributed by atoms with E-state index in [4.69, 9.17) is 23.2 Å². The van der Waals surface area contributed by atoms with Crippen LogP contribution in [0.25, 0.3) is 0 Å². The van der Waals surface area contributed by atoms with E-state index in [1.807, 2.05) is 0 Å². The van der Waals surface area contributed by atoms with Gasteiger partial charge in [-0.05, 0) is 46.3 Å². The maximum absolute atomic E-state index is 9.90. The van der Waals surface area contributed by atoms with Crippen LogP contribution in [0, 0.1) is 0 Å². The Bertz CT molecular complexity index is 639. The number of nitrogens with zero attached hydrogens (tertiary/aromatic N) is 1. The summed E-state index contributed by atoms with van der Waals surface area (Å²) in [7, 11) is 0. The van der Waals surface area contributed by atoms with Crippen molar-refractivity contribution in [2.75, 3.05) is 0 Å². The molecule has 0 saturated heterocycles. The summed E-state index contributed by atoms with van der Waals surface area (Å²) in [6.07, 6.45) is 1.55. The zero-order valence-electron chi connectivity index (χ0n) is 9.37. The van der Waals surface area contributed by atoms with Gasteiger partial charge >= 0.3 is 0 Å². The van der Waals surface area contributed by atoms with Crippen molar-refractivity contribution in [3.05, 3.63) is 54.9 Å². The Morgan fingerprint density at radius 2 is 1.63 bits per heavy atom. The van der Waals surface area contributed by atoms with E-state index in [0.717, 1.165) is 4.47 Å². The van der Waals surface area contributed by atoms with Crippen LogP contribution in [0.5, 0.6) is 5.75 Å². The maximum Gasteiger partial charge on any atom is 0.138 e. The number of phenols is 1. The number of benzene rings is 2. The molecule has 0 bridgehead atoms. The van der Waals surface area contributed by atoms with Crippen molar-refractivity contribution in [1.82, 2.24) is 0 Å². The molecule has 0 spiro atoms. The Balaban J connectivity index is 2.37. The van der Waals surface area contributed by atoms with Gasteiger partial charge in [-0.2, -0.15) is 0 Å². The van der Waals surface area contributed by atoms with Crippen LogP contribution >= 0.6 is 55.1 Å². The standard InChI is InChI=1S/C13H7Br2Cl2NO/c14-8-1-7(13(19)12(15)2-8)6-18-11-4-9(16)3-10(17)5-11/h1-6,19H. The molecule has 0 aromatic heterocycles. The lowest BCUT2D eigenvalue weighted by molar-refractivity contribution is 0.471. The number of phenolic OH excluding ortho intramolecular Hbond substituents is 1. The monoisotopic (exact) mass is 421 g/mol. The first-order chi connectivity index (χ1) is 8.95. The summed E-state index contributed by atoms with van der Waals surface area (Å²) >= 11 is 18.4. The maximum atomic E-state index is 9.90. The molecule has 0 aliphatic heterocycles. The second-order valence-corrected chi connectivity index (χ2v) is 6.35. The lowest BCUT2D eigenvalue weighted by atomic mass is 10.2. The fourth-order valence-corrected chi connectivity index (χ4v) is 3.21. The van der Waals surface area contributed by atoms with E-state index in [2.05, 4.69) is 36.9 Å². The van der Waals surface area contributed by atoms with Crippen LogP contribution in [0.4, 0.5) is 5.69 Å². The first kappa shape index (κ1) is 14.9. The molecule has 6 heteroatoms. The minimum absolute atomic E-state index is 0.125. The van der Waals surface area contributed by atoms with Crippen LogP contribution in [-0.2, 0) is 0 Å². The molecule has 0 saturated carbocycles. The summed E-state index contributed by atoms with van der Waals surface area (Å²) in [6, 6.07) is 8.52. The van der Waals surface area contributed by atoms with Gasteiger partial charge in [0.25, 0.3) is 0 Å². The molecular weight excluding hydrogens is 417 g/mol. The molecule has 98 valence electrons. The van der Waals surface area contributed by atoms with E-state index in [1.165, 1.54) is 0 Å². The third kappa shape index (κ3) is 3.96. The molecular formula is C13H7Br2Cl2NO. The molecule has 0 radical (unpaired) electrons. The number of hydrogen-bond acceptors (Lipinski definition) is 2. The summed E-state index contributed by atoms with van der Waals surface area (Å²) in [5, 5.41) is 10.9. The van der Waals surface area contributed by atoms with Crippen LogP contribution in [-0.4, -0.2) is 11.3 Å². The van der Waals surface area contributed by atoms with Gasteiger partial charge in [-0.1, -0.05) is 39.1 Å². The molecule has 2 aromatic carbocycles. The topological polar surface area (TPSA) is 32.6 Å². The summed E-state index contributed by atoms with van der Waals surface area (Å²) in [6.45, 7) is 0. The smallest absolute Gasteiger partial charge is 0.138 e. The van der Waals surface area contributed by atoms with Crippen molar-refractivity contribution < 1.29 is 5.11 Å². The van der Waals surface area contributed by atoms with Gasteiger partial charge in [0.1, 0.15) is 5.75 Å². The van der Waals surface area contributed by atoms with Gasteiger partial charge in [0.15, 0.2) is 0 Å². The Kier molecular flexibility index (Phi) is 4.90. The second kappa shape index (κ2) is 6.27. The summed E-state index contributed by atoms with van der Waals surface area (Å²) in [5.74, 6) is 0.125. The zero-order chi connectivity index (χ0) is 14.0. The summed E-state index contributed by atoms with van der Waals surface area (Å²) in [5.41, 5.74) is 1.20. The molecule has 2 aromatic rings. The largest absolute Gasteiger partial charge is 0.506 e. The Morgan fingerprint density at radius 1 is 1.00 bits per heavy atom. The van der Waals surface area contributed by atoms with E-state index in [9.17, 15) is 5.11 Å². The van der Waals surface area contributed by atoms with E-state index >= 15 is 0 Å². The minimum atomic E-state index is 0.125. The van der Waals surface area contributed by atoms with Gasteiger partial charge in [0.2, 0.25) is 0 Å².